The highest BCUT2D eigenvalue weighted by atomic mass is 16.7. The van der Waals surface area contributed by atoms with E-state index in [-0.39, 0.29) is 5.63 Å². The van der Waals surface area contributed by atoms with Crippen LogP contribution in [-0.2, 0) is 9.31 Å². The molecule has 1 aliphatic heterocycles. The van der Waals surface area contributed by atoms with Gasteiger partial charge in [-0.2, -0.15) is 0 Å². The maximum Gasteiger partial charge on any atom is 0.499 e. The van der Waals surface area contributed by atoms with Crippen LogP contribution in [0.3, 0.4) is 0 Å². The minimum atomic E-state index is -0.563. The van der Waals surface area contributed by atoms with Gasteiger partial charge in [0.25, 0.3) is 0 Å². The van der Waals surface area contributed by atoms with E-state index >= 15 is 0 Å². The second kappa shape index (κ2) is 6.10. The topological polar surface area (TPSA) is 48.7 Å². The van der Waals surface area contributed by atoms with E-state index in [9.17, 15) is 4.79 Å². The first-order valence-corrected chi connectivity index (χ1v) is 9.41. The molecule has 1 aliphatic carbocycles. The van der Waals surface area contributed by atoms with Crippen LogP contribution in [0, 0.1) is 0 Å². The fourth-order valence-electron chi connectivity index (χ4n) is 3.70. The third-order valence-corrected chi connectivity index (χ3v) is 5.95. The SMILES string of the molecule is CC1(C)OB(c2c(C3=CCCCC3)oc(=O)c3ccccc23)OC1(C)C. The zero-order valence-electron chi connectivity index (χ0n) is 15.9. The summed E-state index contributed by atoms with van der Waals surface area (Å²) in [6, 6.07) is 7.55. The van der Waals surface area contributed by atoms with E-state index in [1.807, 2.05) is 45.9 Å². The average Bonchev–Trinajstić information content (AvgIpc) is 2.83. The Kier molecular flexibility index (Phi) is 4.12. The predicted octanol–water partition coefficient (Wildman–Crippen LogP) is 4.05. The smallest absolute Gasteiger partial charge is 0.423 e. The van der Waals surface area contributed by atoms with Gasteiger partial charge < -0.3 is 13.7 Å². The van der Waals surface area contributed by atoms with Gasteiger partial charge in [0.2, 0.25) is 0 Å². The number of rotatable bonds is 2. The predicted molar refractivity (Wildman–Crippen MR) is 105 cm³/mol. The van der Waals surface area contributed by atoms with Crippen LogP contribution in [0.2, 0.25) is 0 Å². The van der Waals surface area contributed by atoms with Gasteiger partial charge in [0.05, 0.1) is 16.6 Å². The molecule has 0 atom stereocenters. The first-order chi connectivity index (χ1) is 12.3. The second-order valence-electron chi connectivity index (χ2n) is 8.24. The van der Waals surface area contributed by atoms with E-state index in [2.05, 4.69) is 6.08 Å². The third kappa shape index (κ3) is 2.74. The summed E-state index contributed by atoms with van der Waals surface area (Å²) in [5.74, 6) is 0.631. The Bertz CT molecular complexity index is 923. The number of allylic oxidation sites excluding steroid dienone is 2. The van der Waals surface area contributed by atoms with E-state index in [1.165, 1.54) is 6.42 Å². The van der Waals surface area contributed by atoms with Gasteiger partial charge in [-0.1, -0.05) is 24.3 Å². The molecule has 0 radical (unpaired) electrons. The lowest BCUT2D eigenvalue weighted by molar-refractivity contribution is 0.00578. The molecule has 0 N–H and O–H groups in total. The Morgan fingerprint density at radius 3 is 2.23 bits per heavy atom. The van der Waals surface area contributed by atoms with Crippen molar-refractivity contribution in [3.63, 3.8) is 0 Å². The van der Waals surface area contributed by atoms with Gasteiger partial charge in [-0.15, -0.1) is 0 Å². The zero-order chi connectivity index (χ0) is 18.5. The normalized spacial score (nSPS) is 21.8. The summed E-state index contributed by atoms with van der Waals surface area (Å²) in [7, 11) is -0.563. The molecule has 4 nitrogen and oxygen atoms in total. The van der Waals surface area contributed by atoms with Crippen LogP contribution in [0.1, 0.15) is 59.1 Å². The van der Waals surface area contributed by atoms with Crippen molar-refractivity contribution >= 4 is 28.9 Å². The average molecular weight is 352 g/mol. The van der Waals surface area contributed by atoms with Crippen LogP contribution in [0.4, 0.5) is 0 Å². The van der Waals surface area contributed by atoms with E-state index < -0.39 is 18.3 Å². The summed E-state index contributed by atoms with van der Waals surface area (Å²) >= 11 is 0. The summed E-state index contributed by atoms with van der Waals surface area (Å²) in [5, 5.41) is 1.42. The third-order valence-electron chi connectivity index (χ3n) is 5.95. The molecule has 136 valence electrons. The molecular formula is C21H25BO4. The van der Waals surface area contributed by atoms with Crippen molar-refractivity contribution < 1.29 is 13.7 Å². The highest BCUT2D eigenvalue weighted by Crippen LogP contribution is 2.38. The Balaban J connectivity index is 1.96. The molecule has 0 bridgehead atoms. The zero-order valence-corrected chi connectivity index (χ0v) is 15.9. The summed E-state index contributed by atoms with van der Waals surface area (Å²) in [6.45, 7) is 8.14. The Morgan fingerprint density at radius 1 is 0.962 bits per heavy atom. The fourth-order valence-corrected chi connectivity index (χ4v) is 3.70. The molecule has 5 heteroatoms. The van der Waals surface area contributed by atoms with E-state index in [0.29, 0.717) is 11.1 Å². The van der Waals surface area contributed by atoms with Crippen molar-refractivity contribution in [1.29, 1.82) is 0 Å². The van der Waals surface area contributed by atoms with Gasteiger partial charge in [-0.25, -0.2) is 4.79 Å². The quantitative estimate of drug-likeness (QED) is 0.765. The number of hydrogen-bond donors (Lipinski definition) is 0. The highest BCUT2D eigenvalue weighted by molar-refractivity contribution is 6.66. The summed E-state index contributed by atoms with van der Waals surface area (Å²) in [6.07, 6.45) is 6.38. The maximum atomic E-state index is 12.6. The molecule has 0 unspecified atom stereocenters. The van der Waals surface area contributed by atoms with Crippen LogP contribution in [-0.4, -0.2) is 18.3 Å². The summed E-state index contributed by atoms with van der Waals surface area (Å²) < 4.78 is 18.5. The van der Waals surface area contributed by atoms with Crippen LogP contribution in [0.5, 0.6) is 0 Å². The molecule has 1 aromatic carbocycles. The highest BCUT2D eigenvalue weighted by Gasteiger charge is 2.53. The molecule has 1 fully saturated rings. The van der Waals surface area contributed by atoms with Crippen molar-refractivity contribution in [2.75, 3.05) is 0 Å². The van der Waals surface area contributed by atoms with Gasteiger partial charge >= 0.3 is 12.7 Å². The van der Waals surface area contributed by atoms with Crippen molar-refractivity contribution in [3.8, 4) is 0 Å². The van der Waals surface area contributed by atoms with Crippen LogP contribution >= 0.6 is 0 Å². The number of hydrogen-bond acceptors (Lipinski definition) is 4. The molecule has 26 heavy (non-hydrogen) atoms. The number of fused-ring (bicyclic) bond motifs is 1. The van der Waals surface area contributed by atoms with Crippen LogP contribution in [0.25, 0.3) is 16.3 Å². The molecule has 2 aromatic rings. The standard InChI is InChI=1S/C21H25BO4/c1-20(2)21(3,4)26-22(25-20)17-15-12-8-9-13-16(15)19(23)24-18(17)14-10-6-5-7-11-14/h8-10,12-13H,5-7,11H2,1-4H3. The van der Waals surface area contributed by atoms with Crippen LogP contribution < -0.4 is 11.1 Å². The fraction of sp³-hybridized carbons (Fsp3) is 0.476. The molecule has 0 spiro atoms. The molecule has 1 aromatic heterocycles. The lowest BCUT2D eigenvalue weighted by atomic mass is 9.73. The lowest BCUT2D eigenvalue weighted by Gasteiger charge is -2.32. The van der Waals surface area contributed by atoms with Gasteiger partial charge in [0.15, 0.2) is 0 Å². The molecule has 2 aliphatic rings. The van der Waals surface area contributed by atoms with Crippen molar-refractivity contribution in [2.45, 2.75) is 64.6 Å². The minimum Gasteiger partial charge on any atom is -0.423 e. The molecule has 2 heterocycles. The first-order valence-electron chi connectivity index (χ1n) is 9.41. The van der Waals surface area contributed by atoms with Crippen molar-refractivity contribution in [1.82, 2.24) is 0 Å². The van der Waals surface area contributed by atoms with Gasteiger partial charge in [0.1, 0.15) is 5.76 Å². The van der Waals surface area contributed by atoms with E-state index in [1.54, 1.807) is 6.07 Å². The first kappa shape index (κ1) is 17.6. The Hall–Kier alpha value is -1.85. The van der Waals surface area contributed by atoms with E-state index in [4.69, 9.17) is 13.7 Å². The maximum absolute atomic E-state index is 12.6. The molecule has 4 rings (SSSR count). The van der Waals surface area contributed by atoms with Crippen LogP contribution in [0.15, 0.2) is 39.6 Å². The largest absolute Gasteiger partial charge is 0.499 e. The van der Waals surface area contributed by atoms with Crippen molar-refractivity contribution in [3.05, 3.63) is 46.5 Å². The minimum absolute atomic E-state index is 0.303. The second-order valence-corrected chi connectivity index (χ2v) is 8.24. The Labute approximate surface area is 154 Å². The lowest BCUT2D eigenvalue weighted by Crippen LogP contribution is -2.41. The monoisotopic (exact) mass is 352 g/mol. The van der Waals surface area contributed by atoms with Gasteiger partial charge in [-0.3, -0.25) is 0 Å². The summed E-state index contributed by atoms with van der Waals surface area (Å²) in [5.41, 5.74) is 0.721. The van der Waals surface area contributed by atoms with E-state index in [0.717, 1.165) is 35.7 Å². The molecule has 1 saturated heterocycles. The molecule has 0 amide bonds. The Morgan fingerprint density at radius 2 is 1.62 bits per heavy atom. The molecular weight excluding hydrogens is 327 g/mol. The van der Waals surface area contributed by atoms with Crippen molar-refractivity contribution in [2.24, 2.45) is 0 Å². The summed E-state index contributed by atoms with van der Waals surface area (Å²) in [4.78, 5) is 12.6. The van der Waals surface area contributed by atoms with Gasteiger partial charge in [0, 0.05) is 5.46 Å². The number of benzene rings is 1. The molecule has 0 saturated carbocycles. The van der Waals surface area contributed by atoms with Gasteiger partial charge in [-0.05, 0) is 70.4 Å².